The molecule has 1 atom stereocenters. The number of amides is 2. The average Bonchev–Trinajstić information content (AvgIpc) is 3.20. The van der Waals surface area contributed by atoms with Gasteiger partial charge in [0.25, 0.3) is 0 Å². The summed E-state index contributed by atoms with van der Waals surface area (Å²) in [5.41, 5.74) is -0.876. The minimum absolute atomic E-state index is 0.0510. The standard InChI is InChI=1S/C13H19F3N2O3/c1-12(9-3-4-9)11(20)17-7-10(19)18(12)5-2-6-21-8-13(14,15)16/h9H,2-8H2,1H3,(H,17,20). The first kappa shape index (κ1) is 16.1. The highest BCUT2D eigenvalue weighted by Crippen LogP contribution is 2.44. The van der Waals surface area contributed by atoms with Gasteiger partial charge >= 0.3 is 6.18 Å². The van der Waals surface area contributed by atoms with Gasteiger partial charge in [0.15, 0.2) is 0 Å². The van der Waals surface area contributed by atoms with Crippen LogP contribution >= 0.6 is 0 Å². The first-order chi connectivity index (χ1) is 9.75. The molecule has 0 aromatic heterocycles. The molecule has 1 saturated heterocycles. The van der Waals surface area contributed by atoms with Gasteiger partial charge in [-0.1, -0.05) is 0 Å². The Hall–Kier alpha value is -1.31. The van der Waals surface area contributed by atoms with Crippen molar-refractivity contribution in [2.45, 2.75) is 37.9 Å². The van der Waals surface area contributed by atoms with Crippen molar-refractivity contribution >= 4 is 11.8 Å². The number of nitrogens with zero attached hydrogens (tertiary/aromatic N) is 1. The zero-order valence-corrected chi connectivity index (χ0v) is 11.8. The quantitative estimate of drug-likeness (QED) is 0.747. The summed E-state index contributed by atoms with van der Waals surface area (Å²) in [5.74, 6) is -0.238. The van der Waals surface area contributed by atoms with Crippen molar-refractivity contribution in [3.05, 3.63) is 0 Å². The summed E-state index contributed by atoms with van der Waals surface area (Å²) in [6.07, 6.45) is -2.29. The summed E-state index contributed by atoms with van der Waals surface area (Å²) >= 11 is 0. The Morgan fingerprint density at radius 1 is 1.38 bits per heavy atom. The minimum Gasteiger partial charge on any atom is -0.372 e. The molecular formula is C13H19F3N2O3. The summed E-state index contributed by atoms with van der Waals surface area (Å²) in [6, 6.07) is 0. The van der Waals surface area contributed by atoms with Gasteiger partial charge in [0.2, 0.25) is 11.8 Å². The lowest BCUT2D eigenvalue weighted by molar-refractivity contribution is -0.174. The maximum atomic E-state index is 12.1. The van der Waals surface area contributed by atoms with E-state index in [-0.39, 0.29) is 43.8 Å². The second-order valence-corrected chi connectivity index (χ2v) is 5.67. The van der Waals surface area contributed by atoms with Crippen LogP contribution in [0.25, 0.3) is 0 Å². The summed E-state index contributed by atoms with van der Waals surface area (Å²) in [5, 5.41) is 2.59. The fraction of sp³-hybridized carbons (Fsp3) is 0.846. The highest BCUT2D eigenvalue weighted by atomic mass is 19.4. The van der Waals surface area contributed by atoms with Crippen molar-refractivity contribution in [2.75, 3.05) is 26.3 Å². The van der Waals surface area contributed by atoms with Crippen LogP contribution in [0.5, 0.6) is 0 Å². The molecule has 120 valence electrons. The van der Waals surface area contributed by atoms with Gasteiger partial charge in [0.05, 0.1) is 6.54 Å². The zero-order valence-electron chi connectivity index (χ0n) is 11.8. The Balaban J connectivity index is 1.87. The van der Waals surface area contributed by atoms with E-state index in [1.807, 2.05) is 0 Å². The summed E-state index contributed by atoms with van der Waals surface area (Å²) in [7, 11) is 0. The van der Waals surface area contributed by atoms with Gasteiger partial charge in [-0.05, 0) is 32.1 Å². The molecule has 0 radical (unpaired) electrons. The topological polar surface area (TPSA) is 58.6 Å². The van der Waals surface area contributed by atoms with E-state index in [0.717, 1.165) is 12.8 Å². The van der Waals surface area contributed by atoms with Gasteiger partial charge in [-0.15, -0.1) is 0 Å². The lowest BCUT2D eigenvalue weighted by Crippen LogP contribution is -2.67. The molecule has 5 nitrogen and oxygen atoms in total. The molecule has 1 unspecified atom stereocenters. The molecule has 1 saturated carbocycles. The SMILES string of the molecule is CC1(C2CC2)C(=O)NCC(=O)N1CCCOCC(F)(F)F. The van der Waals surface area contributed by atoms with Gasteiger partial charge in [0.1, 0.15) is 12.1 Å². The van der Waals surface area contributed by atoms with E-state index in [2.05, 4.69) is 10.1 Å². The van der Waals surface area contributed by atoms with Crippen molar-refractivity contribution in [3.63, 3.8) is 0 Å². The van der Waals surface area contributed by atoms with Crippen LogP contribution in [-0.2, 0) is 14.3 Å². The van der Waals surface area contributed by atoms with E-state index in [9.17, 15) is 22.8 Å². The molecule has 2 fully saturated rings. The van der Waals surface area contributed by atoms with Gasteiger partial charge in [-0.3, -0.25) is 9.59 Å². The molecular weight excluding hydrogens is 289 g/mol. The van der Waals surface area contributed by atoms with Crippen LogP contribution in [0.3, 0.4) is 0 Å². The number of hydrogen-bond acceptors (Lipinski definition) is 3. The molecule has 2 rings (SSSR count). The average molecular weight is 308 g/mol. The Morgan fingerprint density at radius 3 is 2.62 bits per heavy atom. The number of piperazine rings is 1. The molecule has 21 heavy (non-hydrogen) atoms. The molecule has 0 spiro atoms. The normalized spacial score (nSPS) is 27.0. The van der Waals surface area contributed by atoms with Crippen molar-refractivity contribution < 1.29 is 27.5 Å². The Morgan fingerprint density at radius 2 is 2.05 bits per heavy atom. The van der Waals surface area contributed by atoms with E-state index < -0.39 is 18.3 Å². The third-order valence-electron chi connectivity index (χ3n) is 4.03. The number of alkyl halides is 3. The maximum Gasteiger partial charge on any atom is 0.411 e. The molecule has 0 bridgehead atoms. The first-order valence-corrected chi connectivity index (χ1v) is 6.98. The van der Waals surface area contributed by atoms with Crippen LogP contribution < -0.4 is 5.32 Å². The van der Waals surface area contributed by atoms with Crippen molar-refractivity contribution in [3.8, 4) is 0 Å². The molecule has 1 aliphatic carbocycles. The number of carbonyl (C=O) groups is 2. The van der Waals surface area contributed by atoms with E-state index in [0.29, 0.717) is 0 Å². The van der Waals surface area contributed by atoms with E-state index >= 15 is 0 Å². The number of carbonyl (C=O) groups excluding carboxylic acids is 2. The lowest BCUT2D eigenvalue weighted by atomic mass is 9.89. The molecule has 1 aliphatic heterocycles. The van der Waals surface area contributed by atoms with Gasteiger partial charge < -0.3 is 15.0 Å². The second-order valence-electron chi connectivity index (χ2n) is 5.67. The fourth-order valence-corrected chi connectivity index (χ4v) is 2.73. The first-order valence-electron chi connectivity index (χ1n) is 6.98. The van der Waals surface area contributed by atoms with Crippen LogP contribution in [0, 0.1) is 5.92 Å². The molecule has 2 aliphatic rings. The monoisotopic (exact) mass is 308 g/mol. The summed E-state index contributed by atoms with van der Waals surface area (Å²) in [4.78, 5) is 25.6. The molecule has 1 N–H and O–H groups in total. The van der Waals surface area contributed by atoms with E-state index in [1.54, 1.807) is 6.92 Å². The van der Waals surface area contributed by atoms with Crippen LogP contribution in [0.15, 0.2) is 0 Å². The predicted octanol–water partition coefficient (Wildman–Crippen LogP) is 1.08. The van der Waals surface area contributed by atoms with Crippen LogP contribution in [-0.4, -0.2) is 54.7 Å². The van der Waals surface area contributed by atoms with E-state index in [4.69, 9.17) is 0 Å². The Labute approximate surface area is 120 Å². The van der Waals surface area contributed by atoms with Crippen molar-refractivity contribution in [2.24, 2.45) is 5.92 Å². The summed E-state index contributed by atoms with van der Waals surface area (Å²) in [6.45, 7) is 0.530. The van der Waals surface area contributed by atoms with E-state index in [1.165, 1.54) is 4.90 Å². The number of nitrogens with one attached hydrogen (secondary N) is 1. The highest BCUT2D eigenvalue weighted by Gasteiger charge is 2.54. The fourth-order valence-electron chi connectivity index (χ4n) is 2.73. The number of halogens is 3. The van der Waals surface area contributed by atoms with Crippen molar-refractivity contribution in [1.82, 2.24) is 10.2 Å². The Bertz CT molecular complexity index is 423. The number of hydrogen-bond donors (Lipinski definition) is 1. The third-order valence-corrected chi connectivity index (χ3v) is 4.03. The third kappa shape index (κ3) is 3.66. The predicted molar refractivity (Wildman–Crippen MR) is 67.3 cm³/mol. The van der Waals surface area contributed by atoms with Gasteiger partial charge in [-0.2, -0.15) is 13.2 Å². The van der Waals surface area contributed by atoms with Gasteiger partial charge in [0, 0.05) is 13.2 Å². The number of rotatable bonds is 6. The zero-order chi connectivity index (χ0) is 15.7. The Kier molecular flexibility index (Phi) is 4.46. The molecule has 1 heterocycles. The van der Waals surface area contributed by atoms with Gasteiger partial charge in [-0.25, -0.2) is 0 Å². The molecule has 0 aromatic rings. The lowest BCUT2D eigenvalue weighted by Gasteiger charge is -2.44. The molecule has 8 heteroatoms. The molecule has 0 aromatic carbocycles. The minimum atomic E-state index is -4.34. The smallest absolute Gasteiger partial charge is 0.372 e. The van der Waals surface area contributed by atoms with Crippen LogP contribution in [0.2, 0.25) is 0 Å². The second kappa shape index (κ2) is 5.82. The largest absolute Gasteiger partial charge is 0.411 e. The number of ether oxygens (including phenoxy) is 1. The van der Waals surface area contributed by atoms with Crippen LogP contribution in [0.4, 0.5) is 13.2 Å². The van der Waals surface area contributed by atoms with Crippen LogP contribution in [0.1, 0.15) is 26.2 Å². The highest BCUT2D eigenvalue weighted by molar-refractivity contribution is 5.98. The molecule has 2 amide bonds. The summed E-state index contributed by atoms with van der Waals surface area (Å²) < 4.78 is 40.4. The van der Waals surface area contributed by atoms with Crippen molar-refractivity contribution in [1.29, 1.82) is 0 Å². The maximum absolute atomic E-state index is 12.1.